The van der Waals surface area contributed by atoms with Crippen LogP contribution in [0.15, 0.2) is 24.5 Å². The van der Waals surface area contributed by atoms with Gasteiger partial charge in [0.05, 0.1) is 12.1 Å². The van der Waals surface area contributed by atoms with Gasteiger partial charge in [-0.1, -0.05) is 11.3 Å². The number of hydrogen-bond acceptors (Lipinski definition) is 6. The van der Waals surface area contributed by atoms with E-state index in [-0.39, 0.29) is 11.9 Å². The van der Waals surface area contributed by atoms with Gasteiger partial charge in [-0.3, -0.25) is 14.7 Å². The third kappa shape index (κ3) is 6.68. The van der Waals surface area contributed by atoms with Crippen molar-refractivity contribution in [1.82, 2.24) is 20.2 Å². The maximum Gasteiger partial charge on any atom is 0.273 e. The first kappa shape index (κ1) is 23.0. The van der Waals surface area contributed by atoms with Crippen molar-refractivity contribution in [3.05, 3.63) is 40.7 Å². The Hall–Kier alpha value is -2.13. The summed E-state index contributed by atoms with van der Waals surface area (Å²) in [6, 6.07) is 4.03. The van der Waals surface area contributed by atoms with Crippen LogP contribution in [0.4, 0.5) is 8.78 Å². The molecule has 1 amide bonds. The topological polar surface area (TPSA) is 67.4 Å². The Bertz CT molecular complexity index is 872. The first-order chi connectivity index (χ1) is 15.5. The maximum atomic E-state index is 12.3. The number of rotatable bonds is 9. The Morgan fingerprint density at radius 1 is 1.25 bits per heavy atom. The highest BCUT2D eigenvalue weighted by Gasteiger charge is 2.25. The van der Waals surface area contributed by atoms with E-state index in [4.69, 9.17) is 4.74 Å². The zero-order valence-electron chi connectivity index (χ0n) is 18.1. The summed E-state index contributed by atoms with van der Waals surface area (Å²) >= 11 is 1.40. The second-order valence-electron chi connectivity index (χ2n) is 8.68. The lowest BCUT2D eigenvalue weighted by Crippen LogP contribution is -2.39. The number of hydrogen-bond donors (Lipinski definition) is 1. The highest BCUT2D eigenvalue weighted by atomic mass is 32.1. The lowest BCUT2D eigenvalue weighted by atomic mass is 9.84. The standard InChI is InChI=1S/C23H30F2N4O2S/c24-21(25)15-31-23-28-19-14-29(12-8-20(19)32-23)11-7-16-1-3-18(4-2-16)27-22(30)13-17-5-9-26-10-6-17/h5-6,9-10,16,18,21H,1-4,7-8,11-15H2,(H,27,30)/t16-,18-. The molecular weight excluding hydrogens is 434 g/mol. The largest absolute Gasteiger partial charge is 0.464 e. The van der Waals surface area contributed by atoms with Crippen molar-refractivity contribution in [3.63, 3.8) is 0 Å². The molecule has 0 spiro atoms. The lowest BCUT2D eigenvalue weighted by molar-refractivity contribution is -0.121. The number of nitrogens with one attached hydrogen (secondary N) is 1. The van der Waals surface area contributed by atoms with Crippen LogP contribution in [-0.4, -0.2) is 52.9 Å². The third-order valence-corrected chi connectivity index (χ3v) is 7.37. The molecule has 2 aromatic heterocycles. The van der Waals surface area contributed by atoms with Gasteiger partial charge >= 0.3 is 0 Å². The van der Waals surface area contributed by atoms with Gasteiger partial charge in [-0.05, 0) is 68.7 Å². The average Bonchev–Trinajstić information content (AvgIpc) is 3.20. The van der Waals surface area contributed by atoms with Crippen LogP contribution in [0.3, 0.4) is 0 Å². The van der Waals surface area contributed by atoms with Gasteiger partial charge < -0.3 is 10.1 Å². The van der Waals surface area contributed by atoms with Crippen molar-refractivity contribution < 1.29 is 18.3 Å². The molecule has 32 heavy (non-hydrogen) atoms. The van der Waals surface area contributed by atoms with Crippen molar-refractivity contribution >= 4 is 17.2 Å². The molecule has 3 heterocycles. The molecule has 2 aromatic rings. The van der Waals surface area contributed by atoms with E-state index in [0.717, 1.165) is 74.3 Å². The van der Waals surface area contributed by atoms with E-state index in [1.54, 1.807) is 12.4 Å². The Kier molecular flexibility index (Phi) is 8.02. The highest BCUT2D eigenvalue weighted by molar-refractivity contribution is 7.13. The van der Waals surface area contributed by atoms with Crippen LogP contribution >= 0.6 is 11.3 Å². The fraction of sp³-hybridized carbons (Fsp3) is 0.609. The summed E-state index contributed by atoms with van der Waals surface area (Å²) in [6.07, 6.45) is 7.76. The minimum atomic E-state index is -2.47. The number of halogens is 2. The van der Waals surface area contributed by atoms with E-state index < -0.39 is 13.0 Å². The van der Waals surface area contributed by atoms with Crippen molar-refractivity contribution in [1.29, 1.82) is 0 Å². The number of thiazole rings is 1. The monoisotopic (exact) mass is 464 g/mol. The first-order valence-electron chi connectivity index (χ1n) is 11.4. The predicted octanol–water partition coefficient (Wildman–Crippen LogP) is 3.85. The molecule has 1 fully saturated rings. The molecule has 0 atom stereocenters. The summed E-state index contributed by atoms with van der Waals surface area (Å²) in [5, 5.41) is 3.55. The molecule has 0 saturated heterocycles. The van der Waals surface area contributed by atoms with Crippen LogP contribution in [0.2, 0.25) is 0 Å². The molecule has 0 radical (unpaired) electrons. The molecule has 9 heteroatoms. The Morgan fingerprint density at radius 2 is 2.03 bits per heavy atom. The van der Waals surface area contributed by atoms with Gasteiger partial charge in [-0.15, -0.1) is 0 Å². The average molecular weight is 465 g/mol. The van der Waals surface area contributed by atoms with Crippen molar-refractivity contribution in [2.24, 2.45) is 5.92 Å². The van der Waals surface area contributed by atoms with Gasteiger partial charge in [0.2, 0.25) is 5.91 Å². The Morgan fingerprint density at radius 3 is 2.78 bits per heavy atom. The van der Waals surface area contributed by atoms with E-state index in [2.05, 4.69) is 20.2 Å². The van der Waals surface area contributed by atoms with Crippen molar-refractivity contribution in [2.45, 2.75) is 64.0 Å². The molecule has 1 saturated carbocycles. The summed E-state index contributed by atoms with van der Waals surface area (Å²) in [7, 11) is 0. The van der Waals surface area contributed by atoms with E-state index in [1.807, 2.05) is 12.1 Å². The SMILES string of the molecule is O=C(Cc1ccncc1)N[C@H]1CC[C@H](CCN2CCc3sc(OCC(F)F)nc3C2)CC1. The summed E-state index contributed by atoms with van der Waals surface area (Å²) < 4.78 is 29.8. The van der Waals surface area contributed by atoms with Crippen LogP contribution < -0.4 is 10.1 Å². The highest BCUT2D eigenvalue weighted by Crippen LogP contribution is 2.31. The number of pyridine rings is 1. The number of alkyl halides is 2. The van der Waals surface area contributed by atoms with E-state index >= 15 is 0 Å². The van der Waals surface area contributed by atoms with E-state index in [9.17, 15) is 13.6 Å². The predicted molar refractivity (Wildman–Crippen MR) is 119 cm³/mol. The number of nitrogens with zero attached hydrogens (tertiary/aromatic N) is 3. The number of fused-ring (bicyclic) bond motifs is 1. The fourth-order valence-electron chi connectivity index (χ4n) is 4.54. The smallest absolute Gasteiger partial charge is 0.273 e. The zero-order valence-corrected chi connectivity index (χ0v) is 19.0. The Labute approximate surface area is 191 Å². The molecule has 0 aromatic carbocycles. The first-order valence-corrected chi connectivity index (χ1v) is 12.2. The molecule has 2 aliphatic rings. The molecular formula is C23H30F2N4O2S. The van der Waals surface area contributed by atoms with Gasteiger partial charge in [0.25, 0.3) is 11.6 Å². The molecule has 1 N–H and O–H groups in total. The molecule has 0 unspecified atom stereocenters. The van der Waals surface area contributed by atoms with Gasteiger partial charge in [-0.25, -0.2) is 13.8 Å². The number of carbonyl (C=O) groups is 1. The van der Waals surface area contributed by atoms with Crippen LogP contribution in [0, 0.1) is 5.92 Å². The van der Waals surface area contributed by atoms with Crippen molar-refractivity contribution in [3.8, 4) is 5.19 Å². The summed E-state index contributed by atoms with van der Waals surface area (Å²) in [5.41, 5.74) is 1.97. The number of aromatic nitrogens is 2. The second kappa shape index (κ2) is 11.1. The van der Waals surface area contributed by atoms with Gasteiger partial charge in [-0.2, -0.15) is 0 Å². The minimum absolute atomic E-state index is 0.0870. The summed E-state index contributed by atoms with van der Waals surface area (Å²) in [4.78, 5) is 24.2. The van der Waals surface area contributed by atoms with Gasteiger partial charge in [0.1, 0.15) is 0 Å². The molecule has 0 bridgehead atoms. The zero-order chi connectivity index (χ0) is 22.3. The number of amides is 1. The summed E-state index contributed by atoms with van der Waals surface area (Å²) in [5.74, 6) is 0.772. The fourth-order valence-corrected chi connectivity index (χ4v) is 5.46. The van der Waals surface area contributed by atoms with Gasteiger partial charge in [0.15, 0.2) is 6.61 Å². The molecule has 6 nitrogen and oxygen atoms in total. The molecule has 174 valence electrons. The maximum absolute atomic E-state index is 12.3. The van der Waals surface area contributed by atoms with Crippen LogP contribution in [-0.2, 0) is 24.2 Å². The lowest BCUT2D eigenvalue weighted by Gasteiger charge is -2.32. The molecule has 4 rings (SSSR count). The molecule has 1 aliphatic carbocycles. The van der Waals surface area contributed by atoms with Crippen LogP contribution in [0.25, 0.3) is 0 Å². The third-order valence-electron chi connectivity index (χ3n) is 6.30. The molecule has 1 aliphatic heterocycles. The second-order valence-corrected chi connectivity index (χ2v) is 9.73. The normalized spacial score (nSPS) is 21.3. The number of carbonyl (C=O) groups excluding carboxylic acids is 1. The minimum Gasteiger partial charge on any atom is -0.464 e. The van der Waals surface area contributed by atoms with E-state index in [0.29, 0.717) is 17.5 Å². The quantitative estimate of drug-likeness (QED) is 0.611. The Balaban J connectivity index is 1.14. The van der Waals surface area contributed by atoms with Crippen molar-refractivity contribution in [2.75, 3.05) is 19.7 Å². The van der Waals surface area contributed by atoms with Crippen LogP contribution in [0.1, 0.15) is 48.2 Å². The number of ether oxygens (including phenoxy) is 1. The van der Waals surface area contributed by atoms with Gasteiger partial charge in [0, 0.05) is 36.4 Å². The van der Waals surface area contributed by atoms with Crippen LogP contribution in [0.5, 0.6) is 5.19 Å². The summed E-state index contributed by atoms with van der Waals surface area (Å²) in [6.45, 7) is 2.17. The van der Waals surface area contributed by atoms with E-state index in [1.165, 1.54) is 11.3 Å².